The molecule has 0 saturated carbocycles. The molecule has 0 amide bonds. The lowest BCUT2D eigenvalue weighted by molar-refractivity contribution is 0.127. The van der Waals surface area contributed by atoms with Gasteiger partial charge < -0.3 is 5.11 Å². The molecular weight excluding hydrogens is 198 g/mol. The summed E-state index contributed by atoms with van der Waals surface area (Å²) in [5.74, 6) is 0.463. The van der Waals surface area contributed by atoms with Gasteiger partial charge in [-0.1, -0.05) is 29.8 Å². The summed E-state index contributed by atoms with van der Waals surface area (Å²) in [6, 6.07) is 8.73. The minimum absolute atomic E-state index is 0.164. The number of likely N-dealkylation sites (tertiary alicyclic amines) is 1. The Morgan fingerprint density at radius 3 is 2.62 bits per heavy atom. The highest BCUT2D eigenvalue weighted by atomic mass is 16.3. The summed E-state index contributed by atoms with van der Waals surface area (Å²) in [6.07, 6.45) is 0.965. The van der Waals surface area contributed by atoms with E-state index in [2.05, 4.69) is 36.1 Å². The summed E-state index contributed by atoms with van der Waals surface area (Å²) >= 11 is 0. The molecule has 1 fully saturated rings. The maximum atomic E-state index is 9.55. The first kappa shape index (κ1) is 11.6. The highest BCUT2D eigenvalue weighted by Crippen LogP contribution is 2.21. The predicted octanol–water partition coefficient (Wildman–Crippen LogP) is 2.20. The maximum Gasteiger partial charge on any atom is 0.0552 e. The Kier molecular flexibility index (Phi) is 3.62. The van der Waals surface area contributed by atoms with Gasteiger partial charge in [-0.2, -0.15) is 0 Å². The second kappa shape index (κ2) is 4.98. The molecule has 1 aromatic carbocycles. The Balaban J connectivity index is 1.89. The fourth-order valence-corrected chi connectivity index (χ4v) is 2.35. The molecule has 0 spiro atoms. The third-order valence-corrected chi connectivity index (χ3v) is 3.52. The second-order valence-electron chi connectivity index (χ2n) is 5.01. The third-order valence-electron chi connectivity index (χ3n) is 3.52. The first-order valence-electron chi connectivity index (χ1n) is 6.11. The van der Waals surface area contributed by atoms with Crippen LogP contribution in [0.25, 0.3) is 0 Å². The summed E-state index contributed by atoms with van der Waals surface area (Å²) in [5, 5.41) is 9.55. The summed E-state index contributed by atoms with van der Waals surface area (Å²) in [4.78, 5) is 2.43. The second-order valence-corrected chi connectivity index (χ2v) is 5.01. The smallest absolute Gasteiger partial charge is 0.0552 e. The fraction of sp³-hybridized carbons (Fsp3) is 0.571. The van der Waals surface area contributed by atoms with E-state index >= 15 is 0 Å². The molecule has 2 unspecified atom stereocenters. The van der Waals surface area contributed by atoms with Crippen LogP contribution in [-0.2, 0) is 6.54 Å². The Morgan fingerprint density at radius 1 is 1.38 bits per heavy atom. The molecule has 16 heavy (non-hydrogen) atoms. The van der Waals surface area contributed by atoms with Crippen LogP contribution in [0.5, 0.6) is 0 Å². The van der Waals surface area contributed by atoms with E-state index in [0.717, 1.165) is 26.1 Å². The third kappa shape index (κ3) is 2.83. The Hall–Kier alpha value is -0.860. The summed E-state index contributed by atoms with van der Waals surface area (Å²) in [6.45, 7) is 7.18. The number of hydrogen-bond acceptors (Lipinski definition) is 2. The molecule has 0 aliphatic carbocycles. The van der Waals surface area contributed by atoms with Gasteiger partial charge in [-0.3, -0.25) is 4.90 Å². The standard InChI is InChI=1S/C14H21NO/c1-11-3-5-13(6-4-11)9-15-8-7-14(10-15)12(2)16/h3-6,12,14,16H,7-10H2,1-2H3. The molecule has 2 heteroatoms. The topological polar surface area (TPSA) is 23.5 Å². The van der Waals surface area contributed by atoms with Crippen LogP contribution < -0.4 is 0 Å². The lowest BCUT2D eigenvalue weighted by Gasteiger charge is -2.17. The van der Waals surface area contributed by atoms with E-state index in [-0.39, 0.29) is 6.10 Å². The Morgan fingerprint density at radius 2 is 2.06 bits per heavy atom. The van der Waals surface area contributed by atoms with E-state index in [1.165, 1.54) is 11.1 Å². The predicted molar refractivity (Wildman–Crippen MR) is 66.2 cm³/mol. The monoisotopic (exact) mass is 219 g/mol. The number of nitrogens with zero attached hydrogens (tertiary/aromatic N) is 1. The van der Waals surface area contributed by atoms with Gasteiger partial charge in [-0.05, 0) is 38.3 Å². The van der Waals surface area contributed by atoms with Gasteiger partial charge in [0.2, 0.25) is 0 Å². The molecule has 0 radical (unpaired) electrons. The van der Waals surface area contributed by atoms with Gasteiger partial charge >= 0.3 is 0 Å². The van der Waals surface area contributed by atoms with Crippen LogP contribution in [0.1, 0.15) is 24.5 Å². The maximum absolute atomic E-state index is 9.55. The number of rotatable bonds is 3. The number of hydrogen-bond donors (Lipinski definition) is 1. The van der Waals surface area contributed by atoms with Crippen molar-refractivity contribution >= 4 is 0 Å². The summed E-state index contributed by atoms with van der Waals surface area (Å²) < 4.78 is 0. The van der Waals surface area contributed by atoms with Crippen molar-refractivity contribution in [1.82, 2.24) is 4.90 Å². The molecule has 2 nitrogen and oxygen atoms in total. The first-order valence-corrected chi connectivity index (χ1v) is 6.11. The molecule has 1 N–H and O–H groups in total. The average molecular weight is 219 g/mol. The van der Waals surface area contributed by atoms with Gasteiger partial charge in [-0.15, -0.1) is 0 Å². The van der Waals surface area contributed by atoms with E-state index in [1.54, 1.807) is 0 Å². The minimum Gasteiger partial charge on any atom is -0.393 e. The highest BCUT2D eigenvalue weighted by Gasteiger charge is 2.25. The van der Waals surface area contributed by atoms with Crippen LogP contribution >= 0.6 is 0 Å². The van der Waals surface area contributed by atoms with Crippen molar-refractivity contribution in [2.24, 2.45) is 5.92 Å². The van der Waals surface area contributed by atoms with Crippen LogP contribution in [-0.4, -0.2) is 29.2 Å². The largest absolute Gasteiger partial charge is 0.393 e. The summed E-state index contributed by atoms with van der Waals surface area (Å²) in [5.41, 5.74) is 2.68. The Labute approximate surface area is 97.9 Å². The van der Waals surface area contributed by atoms with Crippen molar-refractivity contribution in [2.45, 2.75) is 32.9 Å². The normalized spacial score (nSPS) is 23.6. The molecule has 1 aliphatic rings. The van der Waals surface area contributed by atoms with Crippen molar-refractivity contribution in [3.8, 4) is 0 Å². The molecule has 2 rings (SSSR count). The van der Waals surface area contributed by atoms with Crippen LogP contribution in [0.3, 0.4) is 0 Å². The van der Waals surface area contributed by atoms with Crippen molar-refractivity contribution < 1.29 is 5.11 Å². The van der Waals surface area contributed by atoms with Gasteiger partial charge in [-0.25, -0.2) is 0 Å². The van der Waals surface area contributed by atoms with E-state index in [1.807, 2.05) is 6.92 Å². The lowest BCUT2D eigenvalue weighted by Crippen LogP contribution is -2.23. The molecule has 88 valence electrons. The Bertz CT molecular complexity index is 331. The molecule has 2 atom stereocenters. The van der Waals surface area contributed by atoms with E-state index in [9.17, 15) is 5.11 Å². The van der Waals surface area contributed by atoms with Crippen LogP contribution in [0.2, 0.25) is 0 Å². The number of aliphatic hydroxyl groups is 1. The quantitative estimate of drug-likeness (QED) is 0.842. The van der Waals surface area contributed by atoms with Crippen LogP contribution in [0.4, 0.5) is 0 Å². The molecule has 0 bridgehead atoms. The molecule has 1 aliphatic heterocycles. The highest BCUT2D eigenvalue weighted by molar-refractivity contribution is 5.21. The van der Waals surface area contributed by atoms with Crippen molar-refractivity contribution in [3.05, 3.63) is 35.4 Å². The van der Waals surface area contributed by atoms with E-state index in [0.29, 0.717) is 5.92 Å². The van der Waals surface area contributed by atoms with Gasteiger partial charge in [0.05, 0.1) is 6.10 Å². The van der Waals surface area contributed by atoms with Gasteiger partial charge in [0.25, 0.3) is 0 Å². The lowest BCUT2D eigenvalue weighted by atomic mass is 10.0. The molecule has 1 saturated heterocycles. The van der Waals surface area contributed by atoms with Crippen molar-refractivity contribution in [1.29, 1.82) is 0 Å². The van der Waals surface area contributed by atoms with Gasteiger partial charge in [0.1, 0.15) is 0 Å². The molecule has 0 aromatic heterocycles. The molecule has 1 aromatic rings. The molecule has 1 heterocycles. The first-order chi connectivity index (χ1) is 7.65. The number of aryl methyl sites for hydroxylation is 1. The fourth-order valence-electron chi connectivity index (χ4n) is 2.35. The summed E-state index contributed by atoms with van der Waals surface area (Å²) in [7, 11) is 0. The number of benzene rings is 1. The zero-order valence-corrected chi connectivity index (χ0v) is 10.2. The van der Waals surface area contributed by atoms with E-state index < -0.39 is 0 Å². The van der Waals surface area contributed by atoms with Gasteiger partial charge in [0, 0.05) is 13.1 Å². The van der Waals surface area contributed by atoms with Crippen LogP contribution in [0.15, 0.2) is 24.3 Å². The minimum atomic E-state index is -0.164. The van der Waals surface area contributed by atoms with Gasteiger partial charge in [0.15, 0.2) is 0 Å². The van der Waals surface area contributed by atoms with Crippen molar-refractivity contribution in [3.63, 3.8) is 0 Å². The number of aliphatic hydroxyl groups excluding tert-OH is 1. The average Bonchev–Trinajstić information content (AvgIpc) is 2.70. The van der Waals surface area contributed by atoms with Crippen molar-refractivity contribution in [2.75, 3.05) is 13.1 Å². The SMILES string of the molecule is Cc1ccc(CN2CCC(C(C)O)C2)cc1. The van der Waals surface area contributed by atoms with Crippen LogP contribution in [0, 0.1) is 12.8 Å². The van der Waals surface area contributed by atoms with E-state index in [4.69, 9.17) is 0 Å². The molecular formula is C14H21NO. The zero-order valence-electron chi connectivity index (χ0n) is 10.2. The zero-order chi connectivity index (χ0) is 11.5.